The molecule has 1 aromatic carbocycles. The van der Waals surface area contributed by atoms with Gasteiger partial charge in [-0.1, -0.05) is 45.4 Å². The molecule has 0 atom stereocenters. The van der Waals surface area contributed by atoms with Crippen LogP contribution in [0, 0.1) is 17.8 Å². The highest BCUT2D eigenvalue weighted by Crippen LogP contribution is 2.79. The zero-order chi connectivity index (χ0) is 11.8. The summed E-state index contributed by atoms with van der Waals surface area (Å²) in [4.78, 5) is 0. The first kappa shape index (κ1) is 10.2. The Kier molecular flexibility index (Phi) is 1.57. The average molecular weight is 215 g/mol. The maximum absolute atomic E-state index is 3.59. The van der Waals surface area contributed by atoms with Gasteiger partial charge in [0.15, 0.2) is 0 Å². The molecule has 1 saturated carbocycles. The smallest absolute Gasteiger partial charge is 0.0380 e. The first-order chi connectivity index (χ1) is 7.34. The molecule has 1 N–H and O–H groups in total. The van der Waals surface area contributed by atoms with Crippen molar-refractivity contribution >= 4 is 5.69 Å². The highest BCUT2D eigenvalue weighted by atomic mass is 15.0. The Labute approximate surface area is 98.3 Å². The van der Waals surface area contributed by atoms with Crippen molar-refractivity contribution in [3.05, 3.63) is 29.3 Å². The van der Waals surface area contributed by atoms with Gasteiger partial charge in [-0.05, 0) is 29.4 Å². The van der Waals surface area contributed by atoms with E-state index in [0.29, 0.717) is 16.2 Å². The lowest BCUT2D eigenvalue weighted by molar-refractivity contribution is 0.457. The summed E-state index contributed by atoms with van der Waals surface area (Å²) in [5.74, 6) is 0. The molecular weight excluding hydrogens is 194 g/mol. The quantitative estimate of drug-likeness (QED) is 0.695. The molecule has 0 aromatic heterocycles. The SMILES string of the molecule is Cc1ccc2c(c1)C1(CN2)C(C)(C)C1(C)C. The Hall–Kier alpha value is -0.980. The summed E-state index contributed by atoms with van der Waals surface area (Å²) in [6, 6.07) is 6.82. The lowest BCUT2D eigenvalue weighted by atomic mass is 9.87. The largest absolute Gasteiger partial charge is 0.384 e. The minimum absolute atomic E-state index is 0.349. The fourth-order valence-corrected chi connectivity index (χ4v) is 4.03. The number of fused-ring (bicyclic) bond motifs is 2. The summed E-state index contributed by atoms with van der Waals surface area (Å²) < 4.78 is 0. The summed E-state index contributed by atoms with van der Waals surface area (Å²) in [5, 5.41) is 3.59. The predicted octanol–water partition coefficient (Wildman–Crippen LogP) is 3.72. The third-order valence-electron chi connectivity index (χ3n) is 5.81. The van der Waals surface area contributed by atoms with Gasteiger partial charge in [0.25, 0.3) is 0 Å². The van der Waals surface area contributed by atoms with Crippen LogP contribution in [0.2, 0.25) is 0 Å². The number of aryl methyl sites for hydroxylation is 1. The minimum atomic E-state index is 0.349. The zero-order valence-corrected chi connectivity index (χ0v) is 10.9. The van der Waals surface area contributed by atoms with E-state index in [1.165, 1.54) is 11.3 Å². The van der Waals surface area contributed by atoms with E-state index in [-0.39, 0.29) is 0 Å². The fraction of sp³-hybridized carbons (Fsp3) is 0.600. The number of anilines is 1. The molecule has 1 aromatic rings. The monoisotopic (exact) mass is 215 g/mol. The minimum Gasteiger partial charge on any atom is -0.384 e. The van der Waals surface area contributed by atoms with E-state index in [0.717, 1.165) is 6.54 Å². The van der Waals surface area contributed by atoms with Gasteiger partial charge in [-0.3, -0.25) is 0 Å². The van der Waals surface area contributed by atoms with Crippen LogP contribution >= 0.6 is 0 Å². The number of hydrogen-bond acceptors (Lipinski definition) is 1. The van der Waals surface area contributed by atoms with E-state index < -0.39 is 0 Å². The fourth-order valence-electron chi connectivity index (χ4n) is 4.03. The van der Waals surface area contributed by atoms with Crippen LogP contribution < -0.4 is 5.32 Å². The zero-order valence-electron chi connectivity index (χ0n) is 10.9. The third-order valence-corrected chi connectivity index (χ3v) is 5.81. The molecular formula is C15H21N. The maximum Gasteiger partial charge on any atom is 0.0380 e. The van der Waals surface area contributed by atoms with Crippen molar-refractivity contribution in [3.8, 4) is 0 Å². The van der Waals surface area contributed by atoms with Crippen molar-refractivity contribution in [1.29, 1.82) is 0 Å². The summed E-state index contributed by atoms with van der Waals surface area (Å²) >= 11 is 0. The molecule has 86 valence electrons. The lowest BCUT2D eigenvalue weighted by Gasteiger charge is -2.15. The molecule has 0 unspecified atom stereocenters. The van der Waals surface area contributed by atoms with Crippen LogP contribution in [0.25, 0.3) is 0 Å². The van der Waals surface area contributed by atoms with Crippen LogP contribution in [-0.4, -0.2) is 6.54 Å². The molecule has 1 heterocycles. The van der Waals surface area contributed by atoms with Crippen LogP contribution in [0.3, 0.4) is 0 Å². The molecule has 0 amide bonds. The standard InChI is InChI=1S/C15H21N/c1-10-6-7-12-11(8-10)15(9-16-12)13(2,3)14(15,4)5/h6-8,16H,9H2,1-5H3. The molecule has 0 saturated heterocycles. The number of hydrogen-bond donors (Lipinski definition) is 1. The second-order valence-corrected chi connectivity index (χ2v) is 6.56. The van der Waals surface area contributed by atoms with Gasteiger partial charge < -0.3 is 5.32 Å². The van der Waals surface area contributed by atoms with Crippen LogP contribution in [0.1, 0.15) is 38.8 Å². The van der Waals surface area contributed by atoms with E-state index in [1.807, 2.05) is 0 Å². The van der Waals surface area contributed by atoms with Gasteiger partial charge in [0.2, 0.25) is 0 Å². The van der Waals surface area contributed by atoms with Crippen LogP contribution in [-0.2, 0) is 5.41 Å². The topological polar surface area (TPSA) is 12.0 Å². The Morgan fingerprint density at radius 2 is 1.69 bits per heavy atom. The molecule has 1 spiro atoms. The van der Waals surface area contributed by atoms with Crippen molar-refractivity contribution in [2.75, 3.05) is 11.9 Å². The van der Waals surface area contributed by atoms with Crippen LogP contribution in [0.5, 0.6) is 0 Å². The number of benzene rings is 1. The van der Waals surface area contributed by atoms with Crippen molar-refractivity contribution in [2.45, 2.75) is 40.0 Å². The average Bonchev–Trinajstić information content (AvgIpc) is 2.52. The Balaban J connectivity index is 2.22. The Bertz CT molecular complexity index is 454. The van der Waals surface area contributed by atoms with E-state index >= 15 is 0 Å². The highest BCUT2D eigenvalue weighted by molar-refractivity contribution is 5.67. The van der Waals surface area contributed by atoms with Gasteiger partial charge in [-0.15, -0.1) is 0 Å². The molecule has 16 heavy (non-hydrogen) atoms. The molecule has 1 aliphatic carbocycles. The van der Waals surface area contributed by atoms with E-state index in [2.05, 4.69) is 58.1 Å². The second kappa shape index (κ2) is 2.47. The first-order valence-electron chi connectivity index (χ1n) is 6.20. The van der Waals surface area contributed by atoms with Crippen molar-refractivity contribution < 1.29 is 0 Å². The van der Waals surface area contributed by atoms with Gasteiger partial charge in [-0.2, -0.15) is 0 Å². The summed E-state index contributed by atoms with van der Waals surface area (Å²) in [7, 11) is 0. The van der Waals surface area contributed by atoms with Crippen molar-refractivity contribution in [1.82, 2.24) is 0 Å². The van der Waals surface area contributed by atoms with Crippen LogP contribution in [0.15, 0.2) is 18.2 Å². The molecule has 2 aliphatic rings. The summed E-state index contributed by atoms with van der Waals surface area (Å²) in [6.45, 7) is 12.9. The molecule has 1 aliphatic heterocycles. The molecule has 1 fully saturated rings. The molecule has 0 bridgehead atoms. The number of nitrogens with one attached hydrogen (secondary N) is 1. The van der Waals surface area contributed by atoms with Crippen LogP contribution in [0.4, 0.5) is 5.69 Å². The van der Waals surface area contributed by atoms with Crippen molar-refractivity contribution in [2.24, 2.45) is 10.8 Å². The summed E-state index contributed by atoms with van der Waals surface area (Å²) in [5.41, 5.74) is 5.41. The molecule has 1 heteroatoms. The normalized spacial score (nSPS) is 26.3. The predicted molar refractivity (Wildman–Crippen MR) is 68.9 cm³/mol. The van der Waals surface area contributed by atoms with E-state index in [1.54, 1.807) is 5.56 Å². The van der Waals surface area contributed by atoms with Crippen molar-refractivity contribution in [3.63, 3.8) is 0 Å². The second-order valence-electron chi connectivity index (χ2n) is 6.56. The Morgan fingerprint density at radius 1 is 1.06 bits per heavy atom. The maximum atomic E-state index is 3.59. The highest BCUT2D eigenvalue weighted by Gasteiger charge is 2.78. The molecule has 3 rings (SSSR count). The van der Waals surface area contributed by atoms with Gasteiger partial charge in [0.1, 0.15) is 0 Å². The van der Waals surface area contributed by atoms with Gasteiger partial charge in [0.05, 0.1) is 0 Å². The van der Waals surface area contributed by atoms with E-state index in [4.69, 9.17) is 0 Å². The number of rotatable bonds is 0. The Morgan fingerprint density at radius 3 is 2.25 bits per heavy atom. The molecule has 0 radical (unpaired) electrons. The first-order valence-corrected chi connectivity index (χ1v) is 6.20. The summed E-state index contributed by atoms with van der Waals surface area (Å²) in [6.07, 6.45) is 0. The van der Waals surface area contributed by atoms with Gasteiger partial charge in [0, 0.05) is 17.6 Å². The molecule has 1 nitrogen and oxygen atoms in total. The van der Waals surface area contributed by atoms with Gasteiger partial charge in [-0.25, -0.2) is 0 Å². The van der Waals surface area contributed by atoms with Gasteiger partial charge >= 0.3 is 0 Å². The lowest BCUT2D eigenvalue weighted by Crippen LogP contribution is -2.18. The van der Waals surface area contributed by atoms with E-state index in [9.17, 15) is 0 Å². The third kappa shape index (κ3) is 0.783.